The van der Waals surface area contributed by atoms with E-state index in [2.05, 4.69) is 17.4 Å². The maximum atomic E-state index is 12.7. The summed E-state index contributed by atoms with van der Waals surface area (Å²) < 4.78 is 0. The molecule has 1 unspecified atom stereocenters. The van der Waals surface area contributed by atoms with E-state index in [0.29, 0.717) is 25.6 Å². The van der Waals surface area contributed by atoms with Crippen LogP contribution in [0.1, 0.15) is 25.3 Å². The number of carbonyl (C=O) groups excluding carboxylic acids is 1. The third kappa shape index (κ3) is 4.60. The third-order valence-electron chi connectivity index (χ3n) is 4.78. The van der Waals surface area contributed by atoms with Gasteiger partial charge in [-0.1, -0.05) is 48.5 Å². The highest BCUT2D eigenvalue weighted by atomic mass is 16.3. The van der Waals surface area contributed by atoms with Gasteiger partial charge in [-0.3, -0.25) is 4.79 Å². The van der Waals surface area contributed by atoms with Crippen LogP contribution >= 0.6 is 0 Å². The lowest BCUT2D eigenvalue weighted by atomic mass is 9.93. The summed E-state index contributed by atoms with van der Waals surface area (Å²) in [5, 5.41) is 14.2. The number of nitrogens with zero attached hydrogens (tertiary/aromatic N) is 1. The summed E-state index contributed by atoms with van der Waals surface area (Å²) in [5.74, 6) is -0.172. The fourth-order valence-corrected chi connectivity index (χ4v) is 3.41. The summed E-state index contributed by atoms with van der Waals surface area (Å²) in [5.41, 5.74) is 0.728. The molecule has 3 rings (SSSR count). The molecular weight excluding hydrogens is 312 g/mol. The summed E-state index contributed by atoms with van der Waals surface area (Å²) in [4.78, 5) is 14.5. The lowest BCUT2D eigenvalue weighted by Gasteiger charge is -2.36. The van der Waals surface area contributed by atoms with Gasteiger partial charge in [0.1, 0.15) is 5.60 Å². The van der Waals surface area contributed by atoms with Crippen molar-refractivity contribution in [2.24, 2.45) is 0 Å². The summed E-state index contributed by atoms with van der Waals surface area (Å²) in [6.45, 7) is 2.97. The predicted molar refractivity (Wildman–Crippen MR) is 100 cm³/mol. The van der Waals surface area contributed by atoms with Gasteiger partial charge in [-0.05, 0) is 37.5 Å². The molecule has 0 aliphatic carbocycles. The number of amides is 1. The van der Waals surface area contributed by atoms with E-state index in [1.54, 1.807) is 11.8 Å². The first kappa shape index (κ1) is 17.5. The van der Waals surface area contributed by atoms with Crippen molar-refractivity contribution >= 4 is 11.6 Å². The molecule has 2 aromatic carbocycles. The molecule has 2 aromatic rings. The molecule has 0 spiro atoms. The van der Waals surface area contributed by atoms with Gasteiger partial charge < -0.3 is 15.3 Å². The molecule has 4 nitrogen and oxygen atoms in total. The molecule has 25 heavy (non-hydrogen) atoms. The van der Waals surface area contributed by atoms with Gasteiger partial charge in [0, 0.05) is 31.2 Å². The number of hydrogen-bond acceptors (Lipinski definition) is 3. The van der Waals surface area contributed by atoms with Gasteiger partial charge in [0.25, 0.3) is 5.91 Å². The van der Waals surface area contributed by atoms with E-state index in [1.165, 1.54) is 0 Å². The molecule has 0 bridgehead atoms. The van der Waals surface area contributed by atoms with E-state index in [1.807, 2.05) is 48.5 Å². The van der Waals surface area contributed by atoms with Gasteiger partial charge in [0.2, 0.25) is 0 Å². The molecule has 0 radical (unpaired) electrons. The highest BCUT2D eigenvalue weighted by molar-refractivity contribution is 5.85. The second-order valence-corrected chi connectivity index (χ2v) is 7.01. The highest BCUT2D eigenvalue weighted by Gasteiger charge is 2.36. The van der Waals surface area contributed by atoms with Gasteiger partial charge in [-0.15, -0.1) is 0 Å². The monoisotopic (exact) mass is 338 g/mol. The highest BCUT2D eigenvalue weighted by Crippen LogP contribution is 2.21. The minimum absolute atomic E-state index is 0.172. The zero-order valence-corrected chi connectivity index (χ0v) is 14.7. The largest absolute Gasteiger partial charge is 0.382 e. The molecule has 4 heteroatoms. The minimum Gasteiger partial charge on any atom is -0.382 e. The molecule has 1 aliphatic rings. The topological polar surface area (TPSA) is 52.6 Å². The number of anilines is 1. The van der Waals surface area contributed by atoms with Crippen molar-refractivity contribution in [2.45, 2.75) is 37.8 Å². The maximum absolute atomic E-state index is 12.7. The van der Waals surface area contributed by atoms with Crippen LogP contribution < -0.4 is 5.32 Å². The van der Waals surface area contributed by atoms with Crippen molar-refractivity contribution in [3.05, 3.63) is 66.2 Å². The van der Waals surface area contributed by atoms with Gasteiger partial charge >= 0.3 is 0 Å². The number of para-hydroxylation sites is 1. The number of aliphatic hydroxyl groups is 1. The number of piperidine rings is 1. The van der Waals surface area contributed by atoms with Crippen LogP contribution in [0.2, 0.25) is 0 Å². The molecule has 1 amide bonds. The van der Waals surface area contributed by atoms with Crippen LogP contribution in [0, 0.1) is 0 Å². The number of rotatable bonds is 5. The Hall–Kier alpha value is -2.33. The first-order valence-corrected chi connectivity index (χ1v) is 8.92. The smallest absolute Gasteiger partial charge is 0.254 e. The summed E-state index contributed by atoms with van der Waals surface area (Å²) >= 11 is 0. The molecular formula is C21H26N2O2. The average Bonchev–Trinajstić information content (AvgIpc) is 2.63. The molecule has 2 N–H and O–H groups in total. The number of likely N-dealkylation sites (tertiary alicyclic amines) is 1. The molecule has 1 aliphatic heterocycles. The Bertz CT molecular complexity index is 678. The molecule has 0 aromatic heterocycles. The number of carbonyl (C=O) groups is 1. The van der Waals surface area contributed by atoms with Crippen LogP contribution in [0.5, 0.6) is 0 Å². The zero-order valence-electron chi connectivity index (χ0n) is 14.7. The number of benzene rings is 2. The van der Waals surface area contributed by atoms with E-state index in [4.69, 9.17) is 0 Å². The molecule has 1 saturated heterocycles. The Morgan fingerprint density at radius 2 is 1.64 bits per heavy atom. The SMILES string of the molecule is CC(O)(Cc1ccccc1)C(=O)N1CCC(Nc2ccccc2)CC1. The Morgan fingerprint density at radius 1 is 1.08 bits per heavy atom. The van der Waals surface area contributed by atoms with Gasteiger partial charge in [0.05, 0.1) is 0 Å². The molecule has 0 saturated carbocycles. The van der Waals surface area contributed by atoms with Crippen molar-refractivity contribution in [1.82, 2.24) is 4.90 Å². The summed E-state index contributed by atoms with van der Waals surface area (Å²) in [6.07, 6.45) is 2.12. The van der Waals surface area contributed by atoms with Crippen molar-refractivity contribution < 1.29 is 9.90 Å². The van der Waals surface area contributed by atoms with Crippen molar-refractivity contribution in [1.29, 1.82) is 0 Å². The lowest BCUT2D eigenvalue weighted by molar-refractivity contribution is -0.150. The Labute approximate surface area is 149 Å². The van der Waals surface area contributed by atoms with Crippen LogP contribution in [0.3, 0.4) is 0 Å². The number of hydrogen-bond donors (Lipinski definition) is 2. The zero-order chi connectivity index (χ0) is 17.7. The Morgan fingerprint density at radius 3 is 2.24 bits per heavy atom. The van der Waals surface area contributed by atoms with E-state index in [-0.39, 0.29) is 5.91 Å². The quantitative estimate of drug-likeness (QED) is 0.881. The Kier molecular flexibility index (Phi) is 5.39. The first-order chi connectivity index (χ1) is 12.0. The molecule has 132 valence electrons. The van der Waals surface area contributed by atoms with Gasteiger partial charge in [-0.25, -0.2) is 0 Å². The second kappa shape index (κ2) is 7.70. The summed E-state index contributed by atoms with van der Waals surface area (Å²) in [7, 11) is 0. The molecule has 1 fully saturated rings. The van der Waals surface area contributed by atoms with E-state index in [0.717, 1.165) is 24.1 Å². The third-order valence-corrected chi connectivity index (χ3v) is 4.78. The van der Waals surface area contributed by atoms with Gasteiger partial charge in [-0.2, -0.15) is 0 Å². The van der Waals surface area contributed by atoms with Crippen molar-refractivity contribution in [3.8, 4) is 0 Å². The minimum atomic E-state index is -1.36. The molecule has 1 heterocycles. The maximum Gasteiger partial charge on any atom is 0.254 e. The first-order valence-electron chi connectivity index (χ1n) is 8.92. The summed E-state index contributed by atoms with van der Waals surface area (Å²) in [6, 6.07) is 20.2. The van der Waals surface area contributed by atoms with E-state index < -0.39 is 5.60 Å². The fourth-order valence-electron chi connectivity index (χ4n) is 3.41. The molecule has 1 atom stereocenters. The van der Waals surface area contributed by atoms with Crippen LogP contribution in [-0.2, 0) is 11.2 Å². The van der Waals surface area contributed by atoms with Crippen LogP contribution in [0.4, 0.5) is 5.69 Å². The van der Waals surface area contributed by atoms with Crippen LogP contribution in [-0.4, -0.2) is 40.6 Å². The van der Waals surface area contributed by atoms with Crippen molar-refractivity contribution in [3.63, 3.8) is 0 Å². The van der Waals surface area contributed by atoms with E-state index in [9.17, 15) is 9.90 Å². The lowest BCUT2D eigenvalue weighted by Crippen LogP contribution is -2.52. The van der Waals surface area contributed by atoms with Crippen molar-refractivity contribution in [2.75, 3.05) is 18.4 Å². The number of nitrogens with one attached hydrogen (secondary N) is 1. The van der Waals surface area contributed by atoms with Crippen LogP contribution in [0.25, 0.3) is 0 Å². The fraction of sp³-hybridized carbons (Fsp3) is 0.381. The second-order valence-electron chi connectivity index (χ2n) is 7.01. The predicted octanol–water partition coefficient (Wildman–Crippen LogP) is 3.08. The Balaban J connectivity index is 1.54. The standard InChI is InChI=1S/C21H26N2O2/c1-21(25,16-17-8-4-2-5-9-17)20(24)23-14-12-19(13-15-23)22-18-10-6-3-7-11-18/h2-11,19,22,25H,12-16H2,1H3. The average molecular weight is 338 g/mol. The van der Waals surface area contributed by atoms with Crippen LogP contribution in [0.15, 0.2) is 60.7 Å². The van der Waals surface area contributed by atoms with E-state index >= 15 is 0 Å². The van der Waals surface area contributed by atoms with Gasteiger partial charge in [0.15, 0.2) is 0 Å². The normalized spacial score (nSPS) is 17.8.